The molecule has 0 amide bonds. The molecular formula is C10H15FSi. The molecule has 0 N–H and O–H groups in total. The molecule has 0 unspecified atom stereocenters. The molecule has 0 heterocycles. The van der Waals surface area contributed by atoms with Gasteiger partial charge in [-0.25, -0.2) is 4.39 Å². The van der Waals surface area contributed by atoms with E-state index in [1.165, 1.54) is 5.19 Å². The summed E-state index contributed by atoms with van der Waals surface area (Å²) in [6, 6.07) is 5.59. The highest BCUT2D eigenvalue weighted by molar-refractivity contribution is 6.88. The lowest BCUT2D eigenvalue weighted by atomic mass is 10.2. The predicted molar refractivity (Wildman–Crippen MR) is 54.1 cm³/mol. The smallest absolute Gasteiger partial charge is 0.125 e. The van der Waals surface area contributed by atoms with Gasteiger partial charge in [0.15, 0.2) is 0 Å². The van der Waals surface area contributed by atoms with Gasteiger partial charge in [0.05, 0.1) is 8.07 Å². The van der Waals surface area contributed by atoms with Crippen molar-refractivity contribution in [2.24, 2.45) is 0 Å². The van der Waals surface area contributed by atoms with E-state index >= 15 is 0 Å². The van der Waals surface area contributed by atoms with E-state index in [0.717, 1.165) is 5.56 Å². The van der Waals surface area contributed by atoms with Crippen molar-refractivity contribution in [2.45, 2.75) is 26.6 Å². The molecular weight excluding hydrogens is 167 g/mol. The van der Waals surface area contributed by atoms with Gasteiger partial charge in [0.25, 0.3) is 0 Å². The summed E-state index contributed by atoms with van der Waals surface area (Å²) in [5, 5.41) is 1.19. The van der Waals surface area contributed by atoms with Crippen LogP contribution in [0.15, 0.2) is 18.2 Å². The molecule has 0 aliphatic heterocycles. The fourth-order valence-corrected chi connectivity index (χ4v) is 2.20. The van der Waals surface area contributed by atoms with E-state index in [9.17, 15) is 4.39 Å². The molecule has 0 saturated heterocycles. The van der Waals surface area contributed by atoms with Crippen LogP contribution in [0.25, 0.3) is 0 Å². The summed E-state index contributed by atoms with van der Waals surface area (Å²) in [4.78, 5) is 0. The van der Waals surface area contributed by atoms with Crippen molar-refractivity contribution in [1.29, 1.82) is 0 Å². The molecule has 1 aromatic rings. The van der Waals surface area contributed by atoms with E-state index < -0.39 is 8.07 Å². The first-order valence-electron chi connectivity index (χ1n) is 4.18. The number of benzene rings is 1. The third-order valence-electron chi connectivity index (χ3n) is 2.04. The van der Waals surface area contributed by atoms with Gasteiger partial charge < -0.3 is 0 Å². The molecule has 0 aromatic heterocycles. The zero-order valence-corrected chi connectivity index (χ0v) is 9.11. The van der Waals surface area contributed by atoms with Crippen molar-refractivity contribution in [3.05, 3.63) is 29.6 Å². The minimum atomic E-state index is -1.33. The molecule has 12 heavy (non-hydrogen) atoms. The maximum absolute atomic E-state index is 13.1. The van der Waals surface area contributed by atoms with Gasteiger partial charge in [-0.15, -0.1) is 0 Å². The summed E-state index contributed by atoms with van der Waals surface area (Å²) >= 11 is 0. The minimum absolute atomic E-state index is 0.0741. The van der Waals surface area contributed by atoms with E-state index in [-0.39, 0.29) is 5.82 Å². The summed E-state index contributed by atoms with van der Waals surface area (Å²) in [7, 11) is -1.33. The van der Waals surface area contributed by atoms with Crippen LogP contribution in [0.1, 0.15) is 5.56 Å². The monoisotopic (exact) mass is 182 g/mol. The molecule has 0 nitrogen and oxygen atoms in total. The van der Waals surface area contributed by atoms with Crippen molar-refractivity contribution >= 4 is 13.3 Å². The Balaban J connectivity index is 3.14. The summed E-state index contributed by atoms with van der Waals surface area (Å²) in [6.45, 7) is 8.45. The largest absolute Gasteiger partial charge is 0.207 e. The Morgan fingerprint density at radius 1 is 1.17 bits per heavy atom. The summed E-state index contributed by atoms with van der Waals surface area (Å²) in [5.41, 5.74) is 0.733. The van der Waals surface area contributed by atoms with Crippen LogP contribution in [0, 0.1) is 12.7 Å². The van der Waals surface area contributed by atoms with Gasteiger partial charge in [0.2, 0.25) is 0 Å². The maximum Gasteiger partial charge on any atom is 0.125 e. The van der Waals surface area contributed by atoms with Gasteiger partial charge in [-0.1, -0.05) is 37.0 Å². The zero-order chi connectivity index (χ0) is 9.35. The number of hydrogen-bond donors (Lipinski definition) is 0. The van der Waals surface area contributed by atoms with Crippen LogP contribution in [-0.2, 0) is 0 Å². The first-order chi connectivity index (χ1) is 5.41. The van der Waals surface area contributed by atoms with E-state index in [1.807, 2.05) is 12.1 Å². The molecule has 0 atom stereocenters. The Morgan fingerprint density at radius 3 is 2.17 bits per heavy atom. The van der Waals surface area contributed by atoms with Crippen molar-refractivity contribution < 1.29 is 4.39 Å². The normalized spacial score (nSPS) is 11.8. The Bertz CT molecular complexity index is 286. The predicted octanol–water partition coefficient (Wildman–Crippen LogP) is 2.68. The molecule has 66 valence electrons. The molecule has 2 heteroatoms. The van der Waals surface area contributed by atoms with Crippen LogP contribution < -0.4 is 5.19 Å². The highest BCUT2D eigenvalue weighted by atomic mass is 28.3. The molecule has 0 bridgehead atoms. The molecule has 0 saturated carbocycles. The number of hydrogen-bond acceptors (Lipinski definition) is 0. The molecule has 0 aliphatic rings. The standard InChI is InChI=1S/C10H15FSi/c1-8-5-6-9(7-10(8)11)12(2,3)4/h5-7H,1-4H3. The lowest BCUT2D eigenvalue weighted by Crippen LogP contribution is -2.37. The van der Waals surface area contributed by atoms with Crippen LogP contribution in [0.4, 0.5) is 4.39 Å². The van der Waals surface area contributed by atoms with Crippen molar-refractivity contribution in [3.8, 4) is 0 Å². The highest BCUT2D eigenvalue weighted by Gasteiger charge is 2.16. The van der Waals surface area contributed by atoms with E-state index in [1.54, 1.807) is 13.0 Å². The van der Waals surface area contributed by atoms with Gasteiger partial charge in [0, 0.05) is 0 Å². The molecule has 0 fully saturated rings. The quantitative estimate of drug-likeness (QED) is 0.586. The number of aryl methyl sites for hydroxylation is 1. The van der Waals surface area contributed by atoms with Crippen LogP contribution >= 0.6 is 0 Å². The maximum atomic E-state index is 13.1. The van der Waals surface area contributed by atoms with Crippen molar-refractivity contribution in [3.63, 3.8) is 0 Å². The molecule has 0 spiro atoms. The Labute approximate surface area is 74.4 Å². The van der Waals surface area contributed by atoms with Gasteiger partial charge in [-0.2, -0.15) is 0 Å². The Morgan fingerprint density at radius 2 is 1.75 bits per heavy atom. The third-order valence-corrected chi connectivity index (χ3v) is 4.08. The zero-order valence-electron chi connectivity index (χ0n) is 8.11. The lowest BCUT2D eigenvalue weighted by Gasteiger charge is -2.16. The topological polar surface area (TPSA) is 0 Å². The van der Waals surface area contributed by atoms with Gasteiger partial charge in [-0.3, -0.25) is 0 Å². The summed E-state index contributed by atoms with van der Waals surface area (Å²) < 4.78 is 13.1. The molecule has 0 radical (unpaired) electrons. The fraction of sp³-hybridized carbons (Fsp3) is 0.400. The summed E-state index contributed by atoms with van der Waals surface area (Å²) in [5.74, 6) is -0.0741. The average Bonchev–Trinajstić information content (AvgIpc) is 1.92. The van der Waals surface area contributed by atoms with Crippen LogP contribution in [0.2, 0.25) is 19.6 Å². The van der Waals surface area contributed by atoms with Crippen LogP contribution in [-0.4, -0.2) is 8.07 Å². The van der Waals surface area contributed by atoms with Crippen molar-refractivity contribution in [1.82, 2.24) is 0 Å². The van der Waals surface area contributed by atoms with E-state index in [2.05, 4.69) is 19.6 Å². The second-order valence-corrected chi connectivity index (χ2v) is 9.29. The van der Waals surface area contributed by atoms with Gasteiger partial charge in [-0.05, 0) is 18.6 Å². The van der Waals surface area contributed by atoms with Crippen LogP contribution in [0.5, 0.6) is 0 Å². The molecule has 1 aromatic carbocycles. The van der Waals surface area contributed by atoms with E-state index in [0.29, 0.717) is 0 Å². The lowest BCUT2D eigenvalue weighted by molar-refractivity contribution is 0.619. The first kappa shape index (κ1) is 9.45. The van der Waals surface area contributed by atoms with Gasteiger partial charge >= 0.3 is 0 Å². The minimum Gasteiger partial charge on any atom is -0.207 e. The SMILES string of the molecule is Cc1ccc([Si](C)(C)C)cc1F. The summed E-state index contributed by atoms with van der Waals surface area (Å²) in [6.07, 6.45) is 0. The van der Waals surface area contributed by atoms with Crippen molar-refractivity contribution in [2.75, 3.05) is 0 Å². The average molecular weight is 182 g/mol. The number of rotatable bonds is 1. The molecule has 0 aliphatic carbocycles. The second-order valence-electron chi connectivity index (χ2n) is 4.21. The second kappa shape index (κ2) is 3.02. The fourth-order valence-electron chi connectivity index (χ4n) is 1.06. The first-order valence-corrected chi connectivity index (χ1v) is 7.68. The Hall–Kier alpha value is -0.633. The number of halogens is 1. The third kappa shape index (κ3) is 1.94. The van der Waals surface area contributed by atoms with Crippen LogP contribution in [0.3, 0.4) is 0 Å². The Kier molecular flexibility index (Phi) is 2.38. The van der Waals surface area contributed by atoms with Gasteiger partial charge in [0.1, 0.15) is 5.82 Å². The highest BCUT2D eigenvalue weighted by Crippen LogP contribution is 2.07. The molecule has 1 rings (SSSR count). The van der Waals surface area contributed by atoms with E-state index in [4.69, 9.17) is 0 Å².